The average Bonchev–Trinajstić information content (AvgIpc) is 2.80. The summed E-state index contributed by atoms with van der Waals surface area (Å²) in [7, 11) is 1.64. The van der Waals surface area contributed by atoms with Crippen LogP contribution in [-0.2, 0) is 17.8 Å². The van der Waals surface area contributed by atoms with Crippen LogP contribution in [0.25, 0.3) is 0 Å². The summed E-state index contributed by atoms with van der Waals surface area (Å²) >= 11 is 0. The monoisotopic (exact) mass is 554 g/mol. The lowest BCUT2D eigenvalue weighted by Crippen LogP contribution is -2.35. The van der Waals surface area contributed by atoms with Gasteiger partial charge in [-0.2, -0.15) is 0 Å². The molecule has 0 spiro atoms. The largest absolute Gasteiger partial charge is 0.493 e. The zero-order chi connectivity index (χ0) is 21.9. The van der Waals surface area contributed by atoms with E-state index in [4.69, 9.17) is 19.2 Å². The molecule has 0 atom stereocenters. The van der Waals surface area contributed by atoms with Gasteiger partial charge in [0.1, 0.15) is 0 Å². The third-order valence-corrected chi connectivity index (χ3v) is 5.02. The molecule has 0 unspecified atom stereocenters. The Labute approximate surface area is 208 Å². The Morgan fingerprint density at radius 2 is 1.75 bits per heavy atom. The van der Waals surface area contributed by atoms with Crippen LogP contribution >= 0.6 is 24.0 Å². The van der Waals surface area contributed by atoms with Crippen LogP contribution in [0.1, 0.15) is 25.0 Å². The zero-order valence-electron chi connectivity index (χ0n) is 19.2. The third kappa shape index (κ3) is 8.14. The summed E-state index contributed by atoms with van der Waals surface area (Å²) in [6.45, 7) is 10.6. The molecule has 3 rings (SSSR count). The van der Waals surface area contributed by atoms with Crippen LogP contribution in [-0.4, -0.2) is 57.4 Å². The maximum absolute atomic E-state index is 5.59. The molecule has 8 heteroatoms. The van der Waals surface area contributed by atoms with Crippen LogP contribution in [0.5, 0.6) is 11.5 Å². The summed E-state index contributed by atoms with van der Waals surface area (Å²) in [5.41, 5.74) is 3.38. The van der Waals surface area contributed by atoms with Crippen LogP contribution in [0.15, 0.2) is 47.5 Å². The van der Waals surface area contributed by atoms with Gasteiger partial charge in [0.2, 0.25) is 0 Å². The van der Waals surface area contributed by atoms with Gasteiger partial charge in [0.05, 0.1) is 33.5 Å². The Bertz CT molecular complexity index is 840. The highest BCUT2D eigenvalue weighted by molar-refractivity contribution is 14.0. The lowest BCUT2D eigenvalue weighted by atomic mass is 10.1. The molecule has 1 aliphatic heterocycles. The number of rotatable bonds is 9. The van der Waals surface area contributed by atoms with Gasteiger partial charge in [-0.15, -0.1) is 24.0 Å². The van der Waals surface area contributed by atoms with E-state index in [1.807, 2.05) is 25.1 Å². The molecule has 2 aromatic rings. The van der Waals surface area contributed by atoms with Gasteiger partial charge < -0.3 is 24.8 Å². The summed E-state index contributed by atoms with van der Waals surface area (Å²) in [6, 6.07) is 14.5. The number of nitrogens with one attached hydrogen (secondary N) is 2. The normalized spacial score (nSPS) is 14.4. The molecule has 1 heterocycles. The molecule has 0 radical (unpaired) electrons. The van der Waals surface area contributed by atoms with E-state index in [9.17, 15) is 0 Å². The summed E-state index contributed by atoms with van der Waals surface area (Å²) in [5, 5.41) is 6.64. The molecule has 1 saturated heterocycles. The van der Waals surface area contributed by atoms with E-state index in [-0.39, 0.29) is 24.0 Å². The Morgan fingerprint density at radius 3 is 2.41 bits per heavy atom. The zero-order valence-corrected chi connectivity index (χ0v) is 21.6. The third-order valence-electron chi connectivity index (χ3n) is 5.02. The molecule has 0 saturated carbocycles. The molecule has 2 aromatic carbocycles. The van der Waals surface area contributed by atoms with Gasteiger partial charge in [-0.05, 0) is 37.1 Å². The van der Waals surface area contributed by atoms with Crippen molar-refractivity contribution in [3.63, 3.8) is 0 Å². The second-order valence-corrected chi connectivity index (χ2v) is 7.32. The van der Waals surface area contributed by atoms with Crippen LogP contribution in [0.2, 0.25) is 0 Å². The second kappa shape index (κ2) is 14.2. The predicted octanol–water partition coefficient (Wildman–Crippen LogP) is 4.12. The van der Waals surface area contributed by atoms with Crippen molar-refractivity contribution in [2.24, 2.45) is 4.99 Å². The fourth-order valence-corrected chi connectivity index (χ4v) is 3.40. The van der Waals surface area contributed by atoms with Gasteiger partial charge in [0, 0.05) is 37.9 Å². The lowest BCUT2D eigenvalue weighted by molar-refractivity contribution is 0.0342. The summed E-state index contributed by atoms with van der Waals surface area (Å²) in [5.74, 6) is 2.15. The minimum atomic E-state index is 0. The second-order valence-electron chi connectivity index (χ2n) is 7.32. The number of methoxy groups -OCH3 is 1. The van der Waals surface area contributed by atoms with Crippen molar-refractivity contribution in [3.8, 4) is 11.5 Å². The first-order valence-electron chi connectivity index (χ1n) is 11.0. The molecule has 32 heavy (non-hydrogen) atoms. The fraction of sp³-hybridized carbons (Fsp3) is 0.458. The Morgan fingerprint density at radius 1 is 1.03 bits per heavy atom. The Balaban J connectivity index is 0.00000363. The van der Waals surface area contributed by atoms with E-state index in [1.54, 1.807) is 7.11 Å². The summed E-state index contributed by atoms with van der Waals surface area (Å²) < 4.78 is 16.5. The van der Waals surface area contributed by atoms with Gasteiger partial charge in [-0.1, -0.05) is 24.3 Å². The highest BCUT2D eigenvalue weighted by Crippen LogP contribution is 2.30. The lowest BCUT2D eigenvalue weighted by Gasteiger charge is -2.26. The summed E-state index contributed by atoms with van der Waals surface area (Å²) in [4.78, 5) is 7.16. The predicted molar refractivity (Wildman–Crippen MR) is 141 cm³/mol. The Kier molecular flexibility index (Phi) is 11.6. The number of nitrogens with zero attached hydrogens (tertiary/aromatic N) is 2. The topological polar surface area (TPSA) is 67.4 Å². The maximum Gasteiger partial charge on any atom is 0.196 e. The van der Waals surface area contributed by atoms with Crippen molar-refractivity contribution in [3.05, 3.63) is 53.6 Å². The fourth-order valence-electron chi connectivity index (χ4n) is 3.40. The number of hydrogen-bond acceptors (Lipinski definition) is 5. The van der Waals surface area contributed by atoms with Crippen molar-refractivity contribution < 1.29 is 14.2 Å². The highest BCUT2D eigenvalue weighted by atomic mass is 127. The minimum absolute atomic E-state index is 0. The molecule has 0 aromatic heterocycles. The number of benzene rings is 2. The van der Waals surface area contributed by atoms with Gasteiger partial charge in [0.25, 0.3) is 0 Å². The number of morpholine rings is 1. The van der Waals surface area contributed by atoms with E-state index in [2.05, 4.69) is 46.7 Å². The first kappa shape index (κ1) is 26.2. The molecular weight excluding hydrogens is 519 g/mol. The van der Waals surface area contributed by atoms with Gasteiger partial charge in [-0.3, -0.25) is 4.90 Å². The highest BCUT2D eigenvalue weighted by Gasteiger charge is 2.10. The van der Waals surface area contributed by atoms with Crippen LogP contribution in [0.4, 0.5) is 5.69 Å². The van der Waals surface area contributed by atoms with Crippen molar-refractivity contribution in [1.29, 1.82) is 0 Å². The van der Waals surface area contributed by atoms with E-state index in [1.165, 1.54) is 11.1 Å². The molecule has 1 aliphatic rings. The molecule has 0 aliphatic carbocycles. The van der Waals surface area contributed by atoms with Gasteiger partial charge in [0.15, 0.2) is 17.5 Å². The maximum atomic E-state index is 5.59. The molecular formula is C24H35IN4O3. The van der Waals surface area contributed by atoms with Gasteiger partial charge in [-0.25, -0.2) is 4.99 Å². The quantitative estimate of drug-likeness (QED) is 0.276. The summed E-state index contributed by atoms with van der Waals surface area (Å²) in [6.07, 6.45) is 0. The molecule has 0 bridgehead atoms. The molecule has 7 nitrogen and oxygen atoms in total. The van der Waals surface area contributed by atoms with Crippen molar-refractivity contribution in [1.82, 2.24) is 10.2 Å². The van der Waals surface area contributed by atoms with E-state index < -0.39 is 0 Å². The van der Waals surface area contributed by atoms with E-state index in [0.717, 1.165) is 56.8 Å². The van der Waals surface area contributed by atoms with Gasteiger partial charge >= 0.3 is 0 Å². The number of ether oxygens (including phenoxy) is 3. The number of halogens is 1. The number of aliphatic imine (C=N–C) groups is 1. The Hall–Kier alpha value is -2.04. The van der Waals surface area contributed by atoms with E-state index >= 15 is 0 Å². The molecule has 0 amide bonds. The van der Waals surface area contributed by atoms with Crippen molar-refractivity contribution in [2.75, 3.05) is 51.9 Å². The smallest absolute Gasteiger partial charge is 0.196 e. The first-order chi connectivity index (χ1) is 15.2. The minimum Gasteiger partial charge on any atom is -0.493 e. The molecule has 176 valence electrons. The standard InChI is InChI=1S/C24H34N4O3.HI/c1-4-25-24(27-21-10-11-22(31-5-2)23(16-21)29-3)26-17-19-6-8-20(9-7-19)18-28-12-14-30-15-13-28;/h6-11,16H,4-5,12-15,17-18H2,1-3H3,(H2,25,26,27);1H. The number of guanidine groups is 1. The first-order valence-corrected chi connectivity index (χ1v) is 11.0. The molecule has 1 fully saturated rings. The SMILES string of the molecule is CCNC(=NCc1ccc(CN2CCOCC2)cc1)Nc1ccc(OCC)c(OC)c1.I. The number of anilines is 1. The van der Waals surface area contributed by atoms with Crippen molar-refractivity contribution >= 4 is 35.6 Å². The molecule has 2 N–H and O–H groups in total. The van der Waals surface area contributed by atoms with Crippen molar-refractivity contribution in [2.45, 2.75) is 26.9 Å². The average molecular weight is 554 g/mol. The van der Waals surface area contributed by atoms with E-state index in [0.29, 0.717) is 18.9 Å². The number of hydrogen-bond donors (Lipinski definition) is 2. The van der Waals surface area contributed by atoms with Crippen LogP contribution in [0.3, 0.4) is 0 Å². The van der Waals surface area contributed by atoms with Crippen LogP contribution < -0.4 is 20.1 Å². The van der Waals surface area contributed by atoms with Crippen LogP contribution in [0, 0.1) is 0 Å².